The number of alkyl carbamates (subject to hydrolysis) is 1. The SMILES string of the molecule is C[C@@H](NC(=O)OC(C)(C)C)C(=O)N[C@H]1CCCN(c2ncccn2)C1. The van der Waals surface area contributed by atoms with Gasteiger partial charge in [-0.1, -0.05) is 0 Å². The van der Waals surface area contributed by atoms with Gasteiger partial charge in [0.15, 0.2) is 0 Å². The minimum Gasteiger partial charge on any atom is -0.444 e. The molecule has 2 heterocycles. The maximum atomic E-state index is 12.3. The number of aromatic nitrogens is 2. The highest BCUT2D eigenvalue weighted by molar-refractivity contribution is 5.85. The van der Waals surface area contributed by atoms with Crippen LogP contribution >= 0.6 is 0 Å². The fraction of sp³-hybridized carbons (Fsp3) is 0.647. The molecule has 1 saturated heterocycles. The van der Waals surface area contributed by atoms with Gasteiger partial charge >= 0.3 is 6.09 Å². The number of piperidine rings is 1. The van der Waals surface area contributed by atoms with E-state index in [2.05, 4.69) is 25.5 Å². The Kier molecular flexibility index (Phi) is 6.17. The van der Waals surface area contributed by atoms with Gasteiger partial charge in [0.05, 0.1) is 0 Å². The van der Waals surface area contributed by atoms with Crippen LogP contribution in [0, 0.1) is 0 Å². The summed E-state index contributed by atoms with van der Waals surface area (Å²) < 4.78 is 5.17. The van der Waals surface area contributed by atoms with E-state index in [0.717, 1.165) is 19.4 Å². The van der Waals surface area contributed by atoms with E-state index in [9.17, 15) is 9.59 Å². The molecule has 25 heavy (non-hydrogen) atoms. The van der Waals surface area contributed by atoms with Gasteiger partial charge in [-0.25, -0.2) is 14.8 Å². The highest BCUT2D eigenvalue weighted by atomic mass is 16.6. The van der Waals surface area contributed by atoms with Crippen molar-refractivity contribution < 1.29 is 14.3 Å². The molecular weight excluding hydrogens is 322 g/mol. The Morgan fingerprint density at radius 2 is 2.00 bits per heavy atom. The third-order valence-electron chi connectivity index (χ3n) is 3.73. The van der Waals surface area contributed by atoms with Gasteiger partial charge in [0.1, 0.15) is 11.6 Å². The van der Waals surface area contributed by atoms with E-state index in [1.54, 1.807) is 46.2 Å². The number of carbonyl (C=O) groups excluding carboxylic acids is 2. The van der Waals surface area contributed by atoms with E-state index < -0.39 is 17.7 Å². The second kappa shape index (κ2) is 8.13. The predicted molar refractivity (Wildman–Crippen MR) is 94.2 cm³/mol. The average molecular weight is 349 g/mol. The average Bonchev–Trinajstić information content (AvgIpc) is 2.54. The maximum absolute atomic E-state index is 12.3. The molecule has 1 aliphatic heterocycles. The molecule has 1 aromatic rings. The first-order valence-electron chi connectivity index (χ1n) is 8.56. The zero-order chi connectivity index (χ0) is 18.4. The minimum atomic E-state index is -0.668. The van der Waals surface area contributed by atoms with Crippen LogP contribution in [0.4, 0.5) is 10.7 Å². The van der Waals surface area contributed by atoms with Crippen LogP contribution in [0.2, 0.25) is 0 Å². The monoisotopic (exact) mass is 349 g/mol. The third-order valence-corrected chi connectivity index (χ3v) is 3.73. The number of ether oxygens (including phenoxy) is 1. The van der Waals surface area contributed by atoms with Gasteiger partial charge in [-0.05, 0) is 46.6 Å². The normalized spacial score (nSPS) is 19.0. The summed E-state index contributed by atoms with van der Waals surface area (Å²) >= 11 is 0. The molecular formula is C17H27N5O3. The summed E-state index contributed by atoms with van der Waals surface area (Å²) in [6.07, 6.45) is 4.64. The summed E-state index contributed by atoms with van der Waals surface area (Å²) in [4.78, 5) is 34.7. The highest BCUT2D eigenvalue weighted by Gasteiger charge is 2.26. The van der Waals surface area contributed by atoms with Gasteiger partial charge in [-0.3, -0.25) is 4.79 Å². The number of hydrogen-bond acceptors (Lipinski definition) is 6. The molecule has 0 unspecified atom stereocenters. The Balaban J connectivity index is 1.84. The molecule has 0 spiro atoms. The molecule has 0 saturated carbocycles. The van der Waals surface area contributed by atoms with Crippen molar-refractivity contribution >= 4 is 17.9 Å². The Hall–Kier alpha value is -2.38. The molecule has 8 heteroatoms. The molecule has 1 fully saturated rings. The van der Waals surface area contributed by atoms with Gasteiger partial charge in [0.2, 0.25) is 11.9 Å². The van der Waals surface area contributed by atoms with Gasteiger partial charge in [-0.2, -0.15) is 0 Å². The summed E-state index contributed by atoms with van der Waals surface area (Å²) in [5.41, 5.74) is -0.597. The molecule has 8 nitrogen and oxygen atoms in total. The van der Waals surface area contributed by atoms with Crippen LogP contribution < -0.4 is 15.5 Å². The van der Waals surface area contributed by atoms with E-state index in [1.807, 2.05) is 0 Å². The number of nitrogens with one attached hydrogen (secondary N) is 2. The lowest BCUT2D eigenvalue weighted by Gasteiger charge is -2.33. The number of hydrogen-bond donors (Lipinski definition) is 2. The Labute approximate surface area is 148 Å². The number of anilines is 1. The van der Waals surface area contributed by atoms with Gasteiger partial charge in [0.25, 0.3) is 0 Å². The fourth-order valence-electron chi connectivity index (χ4n) is 2.61. The second-order valence-corrected chi connectivity index (χ2v) is 7.21. The molecule has 1 aliphatic rings. The molecule has 0 bridgehead atoms. The Morgan fingerprint density at radius 1 is 1.32 bits per heavy atom. The molecule has 0 aromatic carbocycles. The number of nitrogens with zero attached hydrogens (tertiary/aromatic N) is 3. The van der Waals surface area contributed by atoms with Crippen LogP contribution in [-0.2, 0) is 9.53 Å². The summed E-state index contributed by atoms with van der Waals surface area (Å²) in [5.74, 6) is 0.438. The van der Waals surface area contributed by atoms with Crippen LogP contribution in [0.3, 0.4) is 0 Å². The molecule has 1 aromatic heterocycles. The topological polar surface area (TPSA) is 96.4 Å². The van der Waals surface area contributed by atoms with Crippen molar-refractivity contribution in [3.8, 4) is 0 Å². The van der Waals surface area contributed by atoms with Crippen molar-refractivity contribution in [2.24, 2.45) is 0 Å². The standard InChI is InChI=1S/C17H27N5O3/c1-12(20-16(24)25-17(2,3)4)14(23)21-13-7-5-10-22(11-13)15-18-8-6-9-19-15/h6,8-9,12-13H,5,7,10-11H2,1-4H3,(H,20,24)(H,21,23)/t12-,13+/m1/s1. The zero-order valence-corrected chi connectivity index (χ0v) is 15.3. The predicted octanol–water partition coefficient (Wildman–Crippen LogP) is 1.47. The maximum Gasteiger partial charge on any atom is 0.408 e. The smallest absolute Gasteiger partial charge is 0.408 e. The third kappa shape index (κ3) is 6.21. The second-order valence-electron chi connectivity index (χ2n) is 7.21. The van der Waals surface area contributed by atoms with Crippen LogP contribution in [0.1, 0.15) is 40.5 Å². The molecule has 2 rings (SSSR count). The summed E-state index contributed by atoms with van der Waals surface area (Å²) in [5, 5.41) is 5.54. The highest BCUT2D eigenvalue weighted by Crippen LogP contribution is 2.15. The van der Waals surface area contributed by atoms with Crippen molar-refractivity contribution in [3.63, 3.8) is 0 Å². The zero-order valence-electron chi connectivity index (χ0n) is 15.3. The summed E-state index contributed by atoms with van der Waals surface area (Å²) in [6.45, 7) is 8.48. The Bertz CT molecular complexity index is 588. The fourth-order valence-corrected chi connectivity index (χ4v) is 2.61. The van der Waals surface area contributed by atoms with Gasteiger partial charge < -0.3 is 20.3 Å². The van der Waals surface area contributed by atoms with E-state index in [4.69, 9.17) is 4.74 Å². The van der Waals surface area contributed by atoms with Crippen LogP contribution in [0.15, 0.2) is 18.5 Å². The number of rotatable bonds is 4. The molecule has 138 valence electrons. The lowest BCUT2D eigenvalue weighted by atomic mass is 10.1. The first-order valence-corrected chi connectivity index (χ1v) is 8.56. The van der Waals surface area contributed by atoms with Crippen LogP contribution in [-0.4, -0.2) is 52.7 Å². The lowest BCUT2D eigenvalue weighted by molar-refractivity contribution is -0.123. The largest absolute Gasteiger partial charge is 0.444 e. The number of carbonyl (C=O) groups is 2. The molecule has 2 amide bonds. The molecule has 2 atom stereocenters. The minimum absolute atomic E-state index is 0.00653. The van der Waals surface area contributed by atoms with E-state index in [-0.39, 0.29) is 11.9 Å². The number of amides is 2. The van der Waals surface area contributed by atoms with Crippen molar-refractivity contribution in [2.75, 3.05) is 18.0 Å². The molecule has 0 aliphatic carbocycles. The van der Waals surface area contributed by atoms with Gasteiger partial charge in [0, 0.05) is 31.5 Å². The Morgan fingerprint density at radius 3 is 2.64 bits per heavy atom. The summed E-state index contributed by atoms with van der Waals surface area (Å²) in [6, 6.07) is 1.10. The molecule has 0 radical (unpaired) electrons. The quantitative estimate of drug-likeness (QED) is 0.855. The van der Waals surface area contributed by atoms with Crippen molar-refractivity contribution in [2.45, 2.75) is 58.2 Å². The first kappa shape index (κ1) is 19.0. The first-order chi connectivity index (χ1) is 11.7. The van der Waals surface area contributed by atoms with Crippen molar-refractivity contribution in [1.82, 2.24) is 20.6 Å². The van der Waals surface area contributed by atoms with Crippen LogP contribution in [0.5, 0.6) is 0 Å². The van der Waals surface area contributed by atoms with Crippen molar-refractivity contribution in [1.29, 1.82) is 0 Å². The van der Waals surface area contributed by atoms with E-state index in [0.29, 0.717) is 12.5 Å². The lowest BCUT2D eigenvalue weighted by Crippen LogP contribution is -2.53. The van der Waals surface area contributed by atoms with Crippen LogP contribution in [0.25, 0.3) is 0 Å². The van der Waals surface area contributed by atoms with Crippen molar-refractivity contribution in [3.05, 3.63) is 18.5 Å². The summed E-state index contributed by atoms with van der Waals surface area (Å²) in [7, 11) is 0. The molecule has 2 N–H and O–H groups in total. The van der Waals surface area contributed by atoms with Gasteiger partial charge in [-0.15, -0.1) is 0 Å². The van der Waals surface area contributed by atoms with E-state index in [1.165, 1.54) is 0 Å². The van der Waals surface area contributed by atoms with E-state index >= 15 is 0 Å².